The summed E-state index contributed by atoms with van der Waals surface area (Å²) in [6.07, 6.45) is 0.863. The van der Waals surface area contributed by atoms with Crippen molar-refractivity contribution in [1.29, 1.82) is 0 Å². The highest BCUT2D eigenvalue weighted by Crippen LogP contribution is 2.50. The zero-order chi connectivity index (χ0) is 30.3. The smallest absolute Gasteiger partial charge is 0.194 e. The van der Waals surface area contributed by atoms with Crippen LogP contribution in [0.2, 0.25) is 0 Å². The first kappa shape index (κ1) is 30.8. The molecule has 14 heteroatoms. The number of ether oxygens (including phenoxy) is 1. The third-order valence-electron chi connectivity index (χ3n) is 8.19. The summed E-state index contributed by atoms with van der Waals surface area (Å²) in [6.45, 7) is 4.91. The molecule has 0 bridgehead atoms. The maximum atomic E-state index is 13.9. The van der Waals surface area contributed by atoms with Crippen LogP contribution in [0.25, 0.3) is 11.3 Å². The molecule has 42 heavy (non-hydrogen) atoms. The molecular weight excluding hydrogens is 575 g/mol. The van der Waals surface area contributed by atoms with E-state index in [2.05, 4.69) is 15.3 Å². The molecular formula is C28H34F3N5O5S. The third-order valence-corrected chi connectivity index (χ3v) is 9.78. The minimum Gasteiger partial charge on any atom is -0.394 e. The van der Waals surface area contributed by atoms with Gasteiger partial charge >= 0.3 is 0 Å². The van der Waals surface area contributed by atoms with E-state index in [-0.39, 0.29) is 11.3 Å². The number of aliphatic hydroxyl groups is 4. The first-order valence-electron chi connectivity index (χ1n) is 13.8. The van der Waals surface area contributed by atoms with E-state index in [0.29, 0.717) is 29.9 Å². The molecule has 6 atom stereocenters. The molecule has 10 nitrogen and oxygen atoms in total. The summed E-state index contributed by atoms with van der Waals surface area (Å²) in [4.78, 5) is 9.39. The van der Waals surface area contributed by atoms with Gasteiger partial charge in [0.05, 0.1) is 46.4 Å². The molecule has 1 aliphatic carbocycles. The number of aromatic nitrogens is 5. The molecule has 1 saturated carbocycles. The van der Waals surface area contributed by atoms with E-state index in [9.17, 15) is 33.6 Å². The highest BCUT2D eigenvalue weighted by molar-refractivity contribution is 8.00. The summed E-state index contributed by atoms with van der Waals surface area (Å²) in [5, 5.41) is 51.8. The molecule has 5 rings (SSSR count). The van der Waals surface area contributed by atoms with Crippen LogP contribution in [0.4, 0.5) is 13.2 Å². The van der Waals surface area contributed by atoms with Crippen molar-refractivity contribution in [1.82, 2.24) is 25.0 Å². The fourth-order valence-electron chi connectivity index (χ4n) is 5.74. The van der Waals surface area contributed by atoms with Crippen molar-refractivity contribution < 1.29 is 38.3 Å². The number of hydrogen-bond donors (Lipinski definition) is 4. The van der Waals surface area contributed by atoms with Gasteiger partial charge in [0, 0.05) is 5.56 Å². The molecule has 1 aromatic carbocycles. The number of halogens is 3. The molecule has 1 aliphatic heterocycles. The van der Waals surface area contributed by atoms with E-state index >= 15 is 0 Å². The van der Waals surface area contributed by atoms with Crippen molar-refractivity contribution in [3.05, 3.63) is 58.6 Å². The summed E-state index contributed by atoms with van der Waals surface area (Å²) < 4.78 is 48.3. The highest BCUT2D eigenvalue weighted by Gasteiger charge is 2.50. The van der Waals surface area contributed by atoms with Crippen LogP contribution < -0.4 is 0 Å². The van der Waals surface area contributed by atoms with Crippen LogP contribution in [0.3, 0.4) is 0 Å². The lowest BCUT2D eigenvalue weighted by Gasteiger charge is -2.45. The van der Waals surface area contributed by atoms with Crippen molar-refractivity contribution in [3.8, 4) is 11.3 Å². The Hall–Kier alpha value is -2.62. The number of aryl methyl sites for hydroxylation is 3. The van der Waals surface area contributed by atoms with Crippen LogP contribution in [0, 0.1) is 38.2 Å². The fraction of sp³-hybridized carbons (Fsp3) is 0.571. The average molecular weight is 610 g/mol. The molecule has 2 fully saturated rings. The standard InChI is InChI=1S/C28H34F3N5O5S/c1-13-14(2)33-22(15(3)32-13)26(28(40)7-5-4-6-8-28)42-27-25(39)23(24(38)20(12-37)41-27)36-11-19(34-35-36)16-9-17(29)21(31)18(30)10-16/h9-11,20,23-27,37-40H,4-8,12H2,1-3H3/t20-,23+,24+,25-,26-,27+/m1/s1. The van der Waals surface area contributed by atoms with Gasteiger partial charge in [-0.05, 0) is 45.7 Å². The van der Waals surface area contributed by atoms with E-state index in [4.69, 9.17) is 9.72 Å². The van der Waals surface area contributed by atoms with Gasteiger partial charge in [-0.1, -0.05) is 24.5 Å². The predicted octanol–water partition coefficient (Wildman–Crippen LogP) is 3.23. The molecule has 228 valence electrons. The lowest BCUT2D eigenvalue weighted by molar-refractivity contribution is -0.179. The second kappa shape index (κ2) is 12.2. The van der Waals surface area contributed by atoms with E-state index in [1.807, 2.05) is 20.8 Å². The summed E-state index contributed by atoms with van der Waals surface area (Å²) in [5.74, 6) is -4.43. The van der Waals surface area contributed by atoms with Crippen molar-refractivity contribution in [2.45, 2.75) is 93.5 Å². The van der Waals surface area contributed by atoms with Gasteiger partial charge in [-0.15, -0.1) is 16.9 Å². The van der Waals surface area contributed by atoms with Crippen molar-refractivity contribution in [2.24, 2.45) is 0 Å². The number of benzene rings is 1. The van der Waals surface area contributed by atoms with Crippen LogP contribution in [0.15, 0.2) is 18.3 Å². The first-order chi connectivity index (χ1) is 19.9. The fourth-order valence-corrected chi connectivity index (χ4v) is 7.38. The van der Waals surface area contributed by atoms with Crippen LogP contribution >= 0.6 is 11.8 Å². The Kier molecular flexibility index (Phi) is 8.93. The molecule has 2 aromatic heterocycles. The Morgan fingerprint density at radius 2 is 1.64 bits per heavy atom. The normalized spacial score (nSPS) is 26.8. The van der Waals surface area contributed by atoms with E-state index < -0.39 is 64.7 Å². The van der Waals surface area contributed by atoms with Crippen molar-refractivity contribution in [3.63, 3.8) is 0 Å². The Balaban J connectivity index is 1.50. The number of hydrogen-bond acceptors (Lipinski definition) is 10. The van der Waals surface area contributed by atoms with Crippen LogP contribution in [0.1, 0.15) is 66.2 Å². The predicted molar refractivity (Wildman–Crippen MR) is 147 cm³/mol. The molecule has 2 aliphatic rings. The van der Waals surface area contributed by atoms with Crippen LogP contribution in [0.5, 0.6) is 0 Å². The monoisotopic (exact) mass is 609 g/mol. The van der Waals surface area contributed by atoms with Crippen molar-refractivity contribution >= 4 is 11.8 Å². The molecule has 0 radical (unpaired) electrons. The van der Waals surface area contributed by atoms with Gasteiger partial charge in [0.2, 0.25) is 0 Å². The third kappa shape index (κ3) is 5.80. The number of thioether (sulfide) groups is 1. The number of aliphatic hydroxyl groups excluding tert-OH is 3. The zero-order valence-electron chi connectivity index (χ0n) is 23.4. The van der Waals surface area contributed by atoms with Gasteiger partial charge in [-0.2, -0.15) is 0 Å². The molecule has 4 N–H and O–H groups in total. The maximum absolute atomic E-state index is 13.9. The zero-order valence-corrected chi connectivity index (χ0v) is 24.2. The van der Waals surface area contributed by atoms with Gasteiger partial charge in [0.1, 0.15) is 35.5 Å². The lowest BCUT2D eigenvalue weighted by atomic mass is 9.81. The summed E-state index contributed by atoms with van der Waals surface area (Å²) >= 11 is 1.14. The Morgan fingerprint density at radius 3 is 2.29 bits per heavy atom. The van der Waals surface area contributed by atoms with E-state index in [1.165, 1.54) is 6.20 Å². The minimum atomic E-state index is -1.62. The Morgan fingerprint density at radius 1 is 1.00 bits per heavy atom. The van der Waals surface area contributed by atoms with Crippen molar-refractivity contribution in [2.75, 3.05) is 6.61 Å². The number of rotatable bonds is 7. The SMILES string of the molecule is Cc1nc(C)c([C@@H](S[C@@H]2O[C@H](CO)[C@H](O)[C@H](n3cc(-c4cc(F)c(F)c(F)c4)nn3)[C@H]2O)C2(O)CCCCC2)nc1C. The highest BCUT2D eigenvalue weighted by atomic mass is 32.2. The van der Waals surface area contributed by atoms with E-state index in [0.717, 1.165) is 53.5 Å². The lowest BCUT2D eigenvalue weighted by Crippen LogP contribution is -2.55. The second-order valence-corrected chi connectivity index (χ2v) is 12.3. The van der Waals surface area contributed by atoms with Gasteiger partial charge in [0.15, 0.2) is 17.5 Å². The molecule has 0 unspecified atom stereocenters. The largest absolute Gasteiger partial charge is 0.394 e. The molecule has 3 aromatic rings. The molecule has 0 amide bonds. The van der Waals surface area contributed by atoms with Crippen LogP contribution in [-0.2, 0) is 4.74 Å². The molecule has 0 spiro atoms. The second-order valence-electron chi connectivity index (χ2n) is 11.1. The molecule has 1 saturated heterocycles. The van der Waals surface area contributed by atoms with Crippen LogP contribution in [-0.4, -0.2) is 81.3 Å². The Labute approximate surface area is 245 Å². The molecule has 3 heterocycles. The summed E-state index contributed by atoms with van der Waals surface area (Å²) in [6, 6.07) is 0.334. The average Bonchev–Trinajstić information content (AvgIpc) is 3.43. The van der Waals surface area contributed by atoms with Gasteiger partial charge in [-0.3, -0.25) is 9.97 Å². The minimum absolute atomic E-state index is 0.0288. The summed E-state index contributed by atoms with van der Waals surface area (Å²) in [7, 11) is 0. The van der Waals surface area contributed by atoms with Gasteiger partial charge in [-0.25, -0.2) is 17.9 Å². The number of nitrogens with zero attached hydrogens (tertiary/aromatic N) is 5. The topological polar surface area (TPSA) is 147 Å². The van der Waals surface area contributed by atoms with Gasteiger partial charge in [0.25, 0.3) is 0 Å². The van der Waals surface area contributed by atoms with E-state index in [1.54, 1.807) is 0 Å². The van der Waals surface area contributed by atoms with Gasteiger partial charge < -0.3 is 25.2 Å². The summed E-state index contributed by atoms with van der Waals surface area (Å²) in [5.41, 5.74) is 0.296. The maximum Gasteiger partial charge on any atom is 0.194 e. The Bertz CT molecular complexity index is 1420. The quantitative estimate of drug-likeness (QED) is 0.295. The first-order valence-corrected chi connectivity index (χ1v) is 14.8.